The Morgan fingerprint density at radius 3 is 2.24 bits per heavy atom. The predicted molar refractivity (Wildman–Crippen MR) is 123 cm³/mol. The molecule has 0 atom stereocenters. The number of fused-ring (bicyclic) bond motifs is 1. The minimum absolute atomic E-state index is 0.122. The zero-order chi connectivity index (χ0) is 23.3. The first kappa shape index (κ1) is 23.2. The van der Waals surface area contributed by atoms with E-state index in [9.17, 15) is 18.0 Å². The van der Waals surface area contributed by atoms with E-state index in [0.29, 0.717) is 6.42 Å². The van der Waals surface area contributed by atoms with E-state index in [1.807, 2.05) is 42.7 Å². The molecule has 0 aliphatic carbocycles. The molecule has 2 aromatic carbocycles. The molecule has 1 aromatic heterocycles. The van der Waals surface area contributed by atoms with Crippen molar-refractivity contribution in [2.75, 3.05) is 37.6 Å². The molecule has 1 aliphatic rings. The lowest BCUT2D eigenvalue weighted by molar-refractivity contribution is -0.274. The number of rotatable bonds is 8. The van der Waals surface area contributed by atoms with Crippen LogP contribution in [0.3, 0.4) is 0 Å². The average Bonchev–Trinajstić information content (AvgIpc) is 3.23. The highest BCUT2D eigenvalue weighted by molar-refractivity contribution is 5.89. The van der Waals surface area contributed by atoms with E-state index < -0.39 is 6.36 Å². The van der Waals surface area contributed by atoms with Gasteiger partial charge in [-0.05, 0) is 42.3 Å². The number of aromatic nitrogens is 1. The standard InChI is InChI=1S/C25H28F3N3O2/c26-25(27,28)33-23-10-6-9-22(17-23)30-15-13-29(14-16-30)12-5-1-2-11-24(32)31-18-20-7-3-4-8-21(20)19-31/h3-4,6-10,17-19H,1-2,5,11-16H2. The minimum atomic E-state index is -4.68. The van der Waals surface area contributed by atoms with Gasteiger partial charge in [-0.25, -0.2) is 0 Å². The first-order valence-electron chi connectivity index (χ1n) is 11.3. The first-order chi connectivity index (χ1) is 15.9. The predicted octanol–water partition coefficient (Wildman–Crippen LogP) is 5.56. The van der Waals surface area contributed by atoms with Crippen molar-refractivity contribution in [2.45, 2.75) is 32.0 Å². The van der Waals surface area contributed by atoms with Crippen molar-refractivity contribution in [3.05, 3.63) is 60.9 Å². The van der Waals surface area contributed by atoms with Crippen LogP contribution in [-0.4, -0.2) is 54.5 Å². The van der Waals surface area contributed by atoms with E-state index >= 15 is 0 Å². The van der Waals surface area contributed by atoms with Gasteiger partial charge in [-0.2, -0.15) is 0 Å². The van der Waals surface area contributed by atoms with Crippen LogP contribution in [0.1, 0.15) is 30.5 Å². The lowest BCUT2D eigenvalue weighted by Gasteiger charge is -2.36. The highest BCUT2D eigenvalue weighted by Crippen LogP contribution is 2.27. The summed E-state index contributed by atoms with van der Waals surface area (Å²) >= 11 is 0. The maximum absolute atomic E-state index is 12.5. The van der Waals surface area contributed by atoms with Crippen molar-refractivity contribution < 1.29 is 22.7 Å². The van der Waals surface area contributed by atoms with Gasteiger partial charge in [0.2, 0.25) is 5.91 Å². The molecule has 8 heteroatoms. The molecule has 0 N–H and O–H groups in total. The molecule has 0 spiro atoms. The van der Waals surface area contributed by atoms with Crippen LogP contribution in [0.5, 0.6) is 5.75 Å². The summed E-state index contributed by atoms with van der Waals surface area (Å²) in [5.74, 6) is -0.0680. The number of piperazine rings is 1. The van der Waals surface area contributed by atoms with Crippen molar-refractivity contribution in [2.24, 2.45) is 0 Å². The van der Waals surface area contributed by atoms with Crippen LogP contribution in [-0.2, 0) is 0 Å². The van der Waals surface area contributed by atoms with Gasteiger partial charge in [0.1, 0.15) is 5.75 Å². The Morgan fingerprint density at radius 2 is 1.58 bits per heavy atom. The molecule has 0 bridgehead atoms. The number of alkyl halides is 3. The largest absolute Gasteiger partial charge is 0.573 e. The smallest absolute Gasteiger partial charge is 0.406 e. The summed E-state index contributed by atoms with van der Waals surface area (Å²) in [6, 6.07) is 14.1. The van der Waals surface area contributed by atoms with Crippen LogP contribution < -0.4 is 9.64 Å². The highest BCUT2D eigenvalue weighted by atomic mass is 19.4. The number of ether oxygens (including phenoxy) is 1. The Labute approximate surface area is 191 Å². The molecule has 0 radical (unpaired) electrons. The molecule has 1 aliphatic heterocycles. The monoisotopic (exact) mass is 459 g/mol. The van der Waals surface area contributed by atoms with Crippen molar-refractivity contribution in [1.82, 2.24) is 9.47 Å². The molecule has 0 amide bonds. The van der Waals surface area contributed by atoms with E-state index in [0.717, 1.165) is 68.4 Å². The van der Waals surface area contributed by atoms with Gasteiger partial charge in [0.15, 0.2) is 0 Å². The normalized spacial score (nSPS) is 15.2. The maximum atomic E-state index is 12.5. The number of hydrogen-bond donors (Lipinski definition) is 0. The molecular formula is C25H28F3N3O2. The van der Waals surface area contributed by atoms with Crippen LogP contribution in [0, 0.1) is 0 Å². The number of nitrogens with zero attached hydrogens (tertiary/aromatic N) is 3. The maximum Gasteiger partial charge on any atom is 0.573 e. The SMILES string of the molecule is O=C(CCCCCN1CCN(c2cccc(OC(F)(F)F)c2)CC1)n1cc2ccccc2c1. The zero-order valence-corrected chi connectivity index (χ0v) is 18.4. The molecule has 1 fully saturated rings. The van der Waals surface area contributed by atoms with E-state index in [1.54, 1.807) is 10.6 Å². The number of benzene rings is 2. The van der Waals surface area contributed by atoms with E-state index in [1.165, 1.54) is 12.1 Å². The van der Waals surface area contributed by atoms with Gasteiger partial charge in [0, 0.05) is 56.7 Å². The van der Waals surface area contributed by atoms with Crippen LogP contribution >= 0.6 is 0 Å². The van der Waals surface area contributed by atoms with E-state index in [-0.39, 0.29) is 11.7 Å². The number of carbonyl (C=O) groups is 1. The van der Waals surface area contributed by atoms with Crippen molar-refractivity contribution in [3.8, 4) is 5.75 Å². The fraction of sp³-hybridized carbons (Fsp3) is 0.400. The summed E-state index contributed by atoms with van der Waals surface area (Å²) in [5.41, 5.74) is 0.743. The molecule has 176 valence electrons. The van der Waals surface area contributed by atoms with Crippen molar-refractivity contribution >= 4 is 22.4 Å². The highest BCUT2D eigenvalue weighted by Gasteiger charge is 2.31. The van der Waals surface area contributed by atoms with Gasteiger partial charge in [0.05, 0.1) is 0 Å². The summed E-state index contributed by atoms with van der Waals surface area (Å²) in [6.07, 6.45) is 2.51. The molecule has 5 nitrogen and oxygen atoms in total. The Kier molecular flexibility index (Phi) is 7.23. The lowest BCUT2D eigenvalue weighted by atomic mass is 10.1. The summed E-state index contributed by atoms with van der Waals surface area (Å²) in [7, 11) is 0. The van der Waals surface area contributed by atoms with Crippen molar-refractivity contribution in [1.29, 1.82) is 0 Å². The number of carbonyl (C=O) groups excluding carboxylic acids is 1. The number of unbranched alkanes of at least 4 members (excludes halogenated alkanes) is 2. The summed E-state index contributed by atoms with van der Waals surface area (Å²) < 4.78 is 43.1. The van der Waals surface area contributed by atoms with Crippen molar-refractivity contribution in [3.63, 3.8) is 0 Å². The van der Waals surface area contributed by atoms with Crippen LogP contribution in [0.4, 0.5) is 18.9 Å². The van der Waals surface area contributed by atoms with Gasteiger partial charge >= 0.3 is 6.36 Å². The molecule has 4 rings (SSSR count). The molecule has 1 saturated heterocycles. The number of hydrogen-bond acceptors (Lipinski definition) is 4. The third kappa shape index (κ3) is 6.51. The zero-order valence-electron chi connectivity index (χ0n) is 18.4. The first-order valence-corrected chi connectivity index (χ1v) is 11.3. The van der Waals surface area contributed by atoms with E-state index in [4.69, 9.17) is 0 Å². The summed E-state index contributed by atoms with van der Waals surface area (Å²) in [5, 5.41) is 2.15. The fourth-order valence-electron chi connectivity index (χ4n) is 4.25. The quantitative estimate of drug-likeness (QED) is 0.413. The van der Waals surface area contributed by atoms with Gasteiger partial charge in [-0.3, -0.25) is 14.3 Å². The fourth-order valence-corrected chi connectivity index (χ4v) is 4.25. The lowest BCUT2D eigenvalue weighted by Crippen LogP contribution is -2.46. The van der Waals surface area contributed by atoms with Gasteiger partial charge in [-0.15, -0.1) is 13.2 Å². The Balaban J connectivity index is 1.15. The third-order valence-electron chi connectivity index (χ3n) is 5.99. The molecule has 0 saturated carbocycles. The molecule has 3 aromatic rings. The van der Waals surface area contributed by atoms with Crippen LogP contribution in [0.15, 0.2) is 60.9 Å². The summed E-state index contributed by atoms with van der Waals surface area (Å²) in [6.45, 7) is 4.20. The van der Waals surface area contributed by atoms with Crippen LogP contribution in [0.25, 0.3) is 10.8 Å². The molecule has 33 heavy (non-hydrogen) atoms. The van der Waals surface area contributed by atoms with E-state index in [2.05, 4.69) is 14.5 Å². The second kappa shape index (κ2) is 10.3. The minimum Gasteiger partial charge on any atom is -0.406 e. The molecule has 2 heterocycles. The topological polar surface area (TPSA) is 37.7 Å². The second-order valence-electron chi connectivity index (χ2n) is 8.37. The third-order valence-corrected chi connectivity index (χ3v) is 5.99. The van der Waals surface area contributed by atoms with Gasteiger partial charge in [0.25, 0.3) is 0 Å². The number of halogens is 3. The van der Waals surface area contributed by atoms with Crippen LogP contribution in [0.2, 0.25) is 0 Å². The second-order valence-corrected chi connectivity index (χ2v) is 8.37. The Morgan fingerprint density at radius 1 is 0.879 bits per heavy atom. The Hall–Kier alpha value is -3.00. The Bertz CT molecular complexity index is 1040. The summed E-state index contributed by atoms with van der Waals surface area (Å²) in [4.78, 5) is 16.9. The average molecular weight is 460 g/mol. The number of anilines is 1. The molecule has 0 unspecified atom stereocenters. The molecular weight excluding hydrogens is 431 g/mol. The van der Waals surface area contributed by atoms with Gasteiger partial charge < -0.3 is 9.64 Å². The van der Waals surface area contributed by atoms with Gasteiger partial charge in [-0.1, -0.05) is 36.8 Å².